The first-order valence-corrected chi connectivity index (χ1v) is 6.76. The number of anilines is 1. The molecule has 1 fully saturated rings. The van der Waals surface area contributed by atoms with Gasteiger partial charge in [-0.05, 0) is 40.0 Å². The third-order valence-electron chi connectivity index (χ3n) is 3.44. The number of hydrogen-bond donors (Lipinski definition) is 2. The smallest absolute Gasteiger partial charge is 0.308 e. The van der Waals surface area contributed by atoms with E-state index in [0.717, 1.165) is 0 Å². The van der Waals surface area contributed by atoms with E-state index < -0.39 is 11.9 Å². The van der Waals surface area contributed by atoms with Gasteiger partial charge < -0.3 is 15.7 Å². The standard InChI is InChI=1S/C13H15BrN2O3/c1-7-5-16(6-10(7)13(18)19)12(17)9-4-8(15)2-3-11(9)14/h2-4,7,10H,5-6,15H2,1H3,(H,18,19)/t7-,10-/m1/s1. The molecule has 5 nitrogen and oxygen atoms in total. The second-order valence-corrected chi connectivity index (χ2v) is 5.73. The summed E-state index contributed by atoms with van der Waals surface area (Å²) < 4.78 is 0.665. The fraction of sp³-hybridized carbons (Fsp3) is 0.385. The molecule has 1 aromatic rings. The van der Waals surface area contributed by atoms with Gasteiger partial charge in [0.15, 0.2) is 0 Å². The molecule has 0 aromatic heterocycles. The number of rotatable bonds is 2. The Labute approximate surface area is 119 Å². The highest BCUT2D eigenvalue weighted by atomic mass is 79.9. The summed E-state index contributed by atoms with van der Waals surface area (Å²) in [6.07, 6.45) is 0. The summed E-state index contributed by atoms with van der Waals surface area (Å²) in [6.45, 7) is 2.55. The van der Waals surface area contributed by atoms with E-state index in [0.29, 0.717) is 22.3 Å². The zero-order valence-electron chi connectivity index (χ0n) is 10.5. The lowest BCUT2D eigenvalue weighted by molar-refractivity contribution is -0.142. The van der Waals surface area contributed by atoms with Gasteiger partial charge in [-0.1, -0.05) is 6.92 Å². The summed E-state index contributed by atoms with van der Waals surface area (Å²) in [6, 6.07) is 5.02. The van der Waals surface area contributed by atoms with Crippen LogP contribution < -0.4 is 5.73 Å². The van der Waals surface area contributed by atoms with Crippen LogP contribution in [0.2, 0.25) is 0 Å². The van der Waals surface area contributed by atoms with Crippen LogP contribution in [0.1, 0.15) is 17.3 Å². The molecule has 1 amide bonds. The number of hydrogen-bond acceptors (Lipinski definition) is 3. The molecule has 1 saturated heterocycles. The van der Waals surface area contributed by atoms with Crippen molar-refractivity contribution in [3.05, 3.63) is 28.2 Å². The van der Waals surface area contributed by atoms with Crippen LogP contribution in [0.15, 0.2) is 22.7 Å². The minimum Gasteiger partial charge on any atom is -0.481 e. The van der Waals surface area contributed by atoms with Gasteiger partial charge in [0, 0.05) is 23.2 Å². The molecule has 6 heteroatoms. The number of carboxylic acid groups (broad SMARTS) is 1. The Hall–Kier alpha value is -1.56. The van der Waals surface area contributed by atoms with Crippen LogP contribution in [0.25, 0.3) is 0 Å². The number of halogens is 1. The highest BCUT2D eigenvalue weighted by Crippen LogP contribution is 2.27. The van der Waals surface area contributed by atoms with Crippen LogP contribution in [-0.2, 0) is 4.79 Å². The van der Waals surface area contributed by atoms with Crippen molar-refractivity contribution in [2.24, 2.45) is 11.8 Å². The molecule has 1 heterocycles. The van der Waals surface area contributed by atoms with E-state index in [1.807, 2.05) is 6.92 Å². The largest absolute Gasteiger partial charge is 0.481 e. The molecule has 1 aliphatic rings. The zero-order valence-corrected chi connectivity index (χ0v) is 12.1. The number of carbonyl (C=O) groups excluding carboxylic acids is 1. The molecule has 102 valence electrons. The fourth-order valence-electron chi connectivity index (χ4n) is 2.33. The SMILES string of the molecule is C[C@@H]1CN(C(=O)c2cc(N)ccc2Br)C[C@H]1C(=O)O. The van der Waals surface area contributed by atoms with E-state index in [-0.39, 0.29) is 18.4 Å². The van der Waals surface area contributed by atoms with E-state index in [1.54, 1.807) is 23.1 Å². The normalized spacial score (nSPS) is 22.5. The minimum atomic E-state index is -0.852. The highest BCUT2D eigenvalue weighted by Gasteiger charge is 2.37. The Morgan fingerprint density at radius 3 is 2.68 bits per heavy atom. The average Bonchev–Trinajstić information content (AvgIpc) is 2.74. The monoisotopic (exact) mass is 326 g/mol. The summed E-state index contributed by atoms with van der Waals surface area (Å²) in [5.41, 5.74) is 6.66. The fourth-order valence-corrected chi connectivity index (χ4v) is 2.75. The summed E-state index contributed by atoms with van der Waals surface area (Å²) in [4.78, 5) is 25.0. The Balaban J connectivity index is 2.22. The van der Waals surface area contributed by atoms with Crippen molar-refractivity contribution in [3.63, 3.8) is 0 Å². The van der Waals surface area contributed by atoms with Crippen LogP contribution in [0, 0.1) is 11.8 Å². The zero-order chi connectivity index (χ0) is 14.2. The van der Waals surface area contributed by atoms with Crippen molar-refractivity contribution < 1.29 is 14.7 Å². The van der Waals surface area contributed by atoms with Crippen molar-refractivity contribution in [2.75, 3.05) is 18.8 Å². The molecule has 0 bridgehead atoms. The van der Waals surface area contributed by atoms with Crippen LogP contribution in [0.4, 0.5) is 5.69 Å². The number of benzene rings is 1. The molecular weight excluding hydrogens is 312 g/mol. The number of likely N-dealkylation sites (tertiary alicyclic amines) is 1. The lowest BCUT2D eigenvalue weighted by Crippen LogP contribution is -2.30. The van der Waals surface area contributed by atoms with Gasteiger partial charge in [-0.25, -0.2) is 0 Å². The van der Waals surface area contributed by atoms with E-state index in [2.05, 4.69) is 15.9 Å². The number of nitrogen functional groups attached to an aromatic ring is 1. The van der Waals surface area contributed by atoms with Crippen LogP contribution in [-0.4, -0.2) is 35.0 Å². The lowest BCUT2D eigenvalue weighted by Gasteiger charge is -2.17. The topological polar surface area (TPSA) is 83.6 Å². The van der Waals surface area contributed by atoms with Crippen molar-refractivity contribution >= 4 is 33.5 Å². The first-order valence-electron chi connectivity index (χ1n) is 5.97. The molecule has 19 heavy (non-hydrogen) atoms. The molecule has 0 aliphatic carbocycles. The van der Waals surface area contributed by atoms with Crippen LogP contribution >= 0.6 is 15.9 Å². The summed E-state index contributed by atoms with van der Waals surface area (Å²) in [5.74, 6) is -1.57. The predicted octanol–water partition coefficient (Wildman–Crippen LogP) is 1.82. The van der Waals surface area contributed by atoms with Crippen LogP contribution in [0.5, 0.6) is 0 Å². The molecule has 0 spiro atoms. The average molecular weight is 327 g/mol. The van der Waals surface area contributed by atoms with E-state index in [4.69, 9.17) is 10.8 Å². The third-order valence-corrected chi connectivity index (χ3v) is 4.13. The van der Waals surface area contributed by atoms with Gasteiger partial charge in [-0.15, -0.1) is 0 Å². The number of amides is 1. The molecule has 3 N–H and O–H groups in total. The van der Waals surface area contributed by atoms with Gasteiger partial charge >= 0.3 is 5.97 Å². The quantitative estimate of drug-likeness (QED) is 0.812. The number of carboxylic acids is 1. The molecular formula is C13H15BrN2O3. The number of nitrogens with two attached hydrogens (primary N) is 1. The Morgan fingerprint density at radius 1 is 1.42 bits per heavy atom. The third kappa shape index (κ3) is 2.73. The molecule has 2 rings (SSSR count). The highest BCUT2D eigenvalue weighted by molar-refractivity contribution is 9.10. The van der Waals surface area contributed by atoms with E-state index in [1.165, 1.54) is 0 Å². The van der Waals surface area contributed by atoms with Gasteiger partial charge in [-0.2, -0.15) is 0 Å². The molecule has 2 atom stereocenters. The Bertz CT molecular complexity index is 533. The van der Waals surface area contributed by atoms with E-state index in [9.17, 15) is 9.59 Å². The predicted molar refractivity (Wildman–Crippen MR) is 74.7 cm³/mol. The summed E-state index contributed by atoms with van der Waals surface area (Å²) in [7, 11) is 0. The molecule has 1 aliphatic heterocycles. The summed E-state index contributed by atoms with van der Waals surface area (Å²) >= 11 is 3.32. The molecule has 0 saturated carbocycles. The lowest BCUT2D eigenvalue weighted by atomic mass is 9.99. The van der Waals surface area contributed by atoms with Gasteiger partial charge in [0.05, 0.1) is 11.5 Å². The Kier molecular flexibility index (Phi) is 3.80. The second kappa shape index (κ2) is 5.21. The van der Waals surface area contributed by atoms with Gasteiger partial charge in [0.2, 0.25) is 0 Å². The van der Waals surface area contributed by atoms with Crippen molar-refractivity contribution in [1.82, 2.24) is 4.90 Å². The van der Waals surface area contributed by atoms with Crippen molar-refractivity contribution in [3.8, 4) is 0 Å². The second-order valence-electron chi connectivity index (χ2n) is 4.87. The van der Waals surface area contributed by atoms with Crippen molar-refractivity contribution in [1.29, 1.82) is 0 Å². The molecule has 0 unspecified atom stereocenters. The maximum atomic E-state index is 12.4. The maximum Gasteiger partial charge on any atom is 0.308 e. The van der Waals surface area contributed by atoms with Gasteiger partial charge in [0.25, 0.3) is 5.91 Å². The van der Waals surface area contributed by atoms with Crippen LogP contribution in [0.3, 0.4) is 0 Å². The minimum absolute atomic E-state index is 0.0405. The number of nitrogens with zero attached hydrogens (tertiary/aromatic N) is 1. The Morgan fingerprint density at radius 2 is 2.11 bits per heavy atom. The number of aliphatic carboxylic acids is 1. The molecule has 0 radical (unpaired) electrons. The molecule has 1 aromatic carbocycles. The number of carbonyl (C=O) groups is 2. The van der Waals surface area contributed by atoms with Gasteiger partial charge in [-0.3, -0.25) is 9.59 Å². The first-order chi connectivity index (χ1) is 8.90. The van der Waals surface area contributed by atoms with Crippen molar-refractivity contribution in [2.45, 2.75) is 6.92 Å². The van der Waals surface area contributed by atoms with Gasteiger partial charge in [0.1, 0.15) is 0 Å². The van der Waals surface area contributed by atoms with E-state index >= 15 is 0 Å². The first kappa shape index (κ1) is 13.9. The summed E-state index contributed by atoms with van der Waals surface area (Å²) in [5, 5.41) is 9.09. The maximum absolute atomic E-state index is 12.4.